The van der Waals surface area contributed by atoms with Crippen molar-refractivity contribution >= 4 is 29.2 Å². The van der Waals surface area contributed by atoms with E-state index < -0.39 is 11.8 Å². The number of carbonyl (C=O) groups excluding carboxylic acids is 2. The highest BCUT2D eigenvalue weighted by Crippen LogP contribution is 2.13. The number of nitrogens with zero attached hydrogens (tertiary/aromatic N) is 1. The molecule has 6 nitrogen and oxygen atoms in total. The Hall–Kier alpha value is -2.41. The lowest BCUT2D eigenvalue weighted by molar-refractivity contribution is -0.117. The number of hydrogen-bond donors (Lipinski definition) is 2. The van der Waals surface area contributed by atoms with Crippen molar-refractivity contribution in [2.75, 3.05) is 0 Å². The number of rotatable bonds is 3. The fraction of sp³-hybridized carbons (Fsp3) is 0.214. The van der Waals surface area contributed by atoms with Crippen LogP contribution >= 0.6 is 11.3 Å². The van der Waals surface area contributed by atoms with Gasteiger partial charge in [0.2, 0.25) is 0 Å². The smallest absolute Gasteiger partial charge is 0.273 e. The normalized spacial score (nSPS) is 10.8. The van der Waals surface area contributed by atoms with Crippen LogP contribution in [-0.4, -0.2) is 16.8 Å². The second-order valence-electron chi connectivity index (χ2n) is 4.40. The highest BCUT2D eigenvalue weighted by molar-refractivity contribution is 7.09. The number of hydrazine groups is 1. The van der Waals surface area contributed by atoms with Crippen molar-refractivity contribution in [1.82, 2.24) is 15.8 Å². The molecule has 21 heavy (non-hydrogen) atoms. The van der Waals surface area contributed by atoms with Crippen LogP contribution in [0.5, 0.6) is 0 Å². The monoisotopic (exact) mass is 305 g/mol. The Morgan fingerprint density at radius 3 is 2.62 bits per heavy atom. The van der Waals surface area contributed by atoms with E-state index in [-0.39, 0.29) is 0 Å². The maximum absolute atomic E-state index is 11.8. The van der Waals surface area contributed by atoms with Gasteiger partial charge in [-0.15, -0.1) is 11.3 Å². The summed E-state index contributed by atoms with van der Waals surface area (Å²) in [4.78, 5) is 27.6. The Bertz CT molecular complexity index is 700. The molecule has 0 radical (unpaired) electrons. The third kappa shape index (κ3) is 4.03. The van der Waals surface area contributed by atoms with Crippen LogP contribution in [-0.2, 0) is 4.79 Å². The van der Waals surface area contributed by atoms with Crippen molar-refractivity contribution in [3.8, 4) is 0 Å². The van der Waals surface area contributed by atoms with E-state index in [2.05, 4.69) is 15.8 Å². The van der Waals surface area contributed by atoms with Crippen LogP contribution in [0.1, 0.15) is 32.6 Å². The molecule has 2 rings (SSSR count). The van der Waals surface area contributed by atoms with Gasteiger partial charge >= 0.3 is 0 Å². The van der Waals surface area contributed by atoms with E-state index in [1.165, 1.54) is 17.4 Å². The molecule has 0 aromatic carbocycles. The summed E-state index contributed by atoms with van der Waals surface area (Å²) in [6, 6.07) is 1.62. The minimum atomic E-state index is -0.438. The van der Waals surface area contributed by atoms with Crippen molar-refractivity contribution < 1.29 is 14.0 Å². The minimum Gasteiger partial charge on any atom is -0.466 e. The molecule has 0 aliphatic carbocycles. The predicted octanol–water partition coefficient (Wildman–Crippen LogP) is 2.14. The number of furan rings is 1. The lowest BCUT2D eigenvalue weighted by atomic mass is 10.2. The molecule has 2 aromatic heterocycles. The topological polar surface area (TPSA) is 84.2 Å². The first kappa shape index (κ1) is 15.0. The first-order chi connectivity index (χ1) is 9.95. The Balaban J connectivity index is 1.88. The van der Waals surface area contributed by atoms with Gasteiger partial charge in [-0.25, -0.2) is 4.98 Å². The molecule has 0 atom stereocenters. The Labute approximate surface area is 125 Å². The van der Waals surface area contributed by atoms with Crippen molar-refractivity contribution in [3.63, 3.8) is 0 Å². The number of amides is 2. The average molecular weight is 305 g/mol. The van der Waals surface area contributed by atoms with Crippen molar-refractivity contribution in [2.24, 2.45) is 0 Å². The summed E-state index contributed by atoms with van der Waals surface area (Å²) in [6.07, 6.45) is 2.89. The zero-order valence-corrected chi connectivity index (χ0v) is 12.7. The van der Waals surface area contributed by atoms with Crippen LogP contribution in [0.4, 0.5) is 0 Å². The minimum absolute atomic E-state index is 0.395. The largest absolute Gasteiger partial charge is 0.466 e. The fourth-order valence-electron chi connectivity index (χ4n) is 1.70. The van der Waals surface area contributed by atoms with Crippen LogP contribution in [0.3, 0.4) is 0 Å². The Kier molecular flexibility index (Phi) is 4.54. The molecule has 2 N–H and O–H groups in total. The van der Waals surface area contributed by atoms with Gasteiger partial charge in [-0.2, -0.15) is 0 Å². The second kappa shape index (κ2) is 6.36. The van der Waals surface area contributed by atoms with Gasteiger partial charge in [-0.05, 0) is 32.9 Å². The molecular formula is C14H15N3O3S. The van der Waals surface area contributed by atoms with E-state index in [0.717, 1.165) is 5.01 Å². The zero-order valence-electron chi connectivity index (χ0n) is 11.9. The molecular weight excluding hydrogens is 290 g/mol. The van der Waals surface area contributed by atoms with E-state index in [9.17, 15) is 9.59 Å². The molecule has 110 valence electrons. The Morgan fingerprint density at radius 2 is 2.05 bits per heavy atom. The summed E-state index contributed by atoms with van der Waals surface area (Å²) in [5.41, 5.74) is 5.73. The molecule has 0 spiro atoms. The second-order valence-corrected chi connectivity index (χ2v) is 5.46. The summed E-state index contributed by atoms with van der Waals surface area (Å²) >= 11 is 1.50. The van der Waals surface area contributed by atoms with Crippen molar-refractivity contribution in [2.45, 2.75) is 20.8 Å². The van der Waals surface area contributed by atoms with E-state index in [4.69, 9.17) is 4.42 Å². The first-order valence-electron chi connectivity index (χ1n) is 6.23. The summed E-state index contributed by atoms with van der Waals surface area (Å²) in [7, 11) is 0. The number of aryl methyl sites for hydroxylation is 3. The number of carbonyl (C=O) groups is 2. The third-order valence-electron chi connectivity index (χ3n) is 2.63. The molecule has 0 fully saturated rings. The van der Waals surface area contributed by atoms with Gasteiger partial charge in [-0.3, -0.25) is 20.4 Å². The van der Waals surface area contributed by atoms with Crippen LogP contribution in [0.25, 0.3) is 6.08 Å². The van der Waals surface area contributed by atoms with Crippen LogP contribution in [0, 0.1) is 20.8 Å². The average Bonchev–Trinajstić information content (AvgIpc) is 2.99. The lowest BCUT2D eigenvalue weighted by Crippen LogP contribution is -2.40. The quantitative estimate of drug-likeness (QED) is 0.672. The molecule has 7 heteroatoms. The summed E-state index contributed by atoms with van der Waals surface area (Å²) in [6.45, 7) is 5.33. The molecule has 0 aliphatic heterocycles. The van der Waals surface area contributed by atoms with Gasteiger partial charge in [0.1, 0.15) is 11.5 Å². The van der Waals surface area contributed by atoms with E-state index >= 15 is 0 Å². The summed E-state index contributed by atoms with van der Waals surface area (Å²) < 4.78 is 5.26. The predicted molar refractivity (Wildman–Crippen MR) is 79.7 cm³/mol. The van der Waals surface area contributed by atoms with Crippen LogP contribution in [0.2, 0.25) is 0 Å². The Morgan fingerprint density at radius 1 is 1.29 bits per heavy atom. The molecule has 0 aliphatic rings. The van der Waals surface area contributed by atoms with Crippen LogP contribution in [0.15, 0.2) is 21.9 Å². The first-order valence-corrected chi connectivity index (χ1v) is 7.11. The number of nitrogens with one attached hydrogen (secondary N) is 2. The van der Waals surface area contributed by atoms with Gasteiger partial charge in [0.25, 0.3) is 11.8 Å². The van der Waals surface area contributed by atoms with Crippen molar-refractivity contribution in [3.05, 3.63) is 45.3 Å². The van der Waals surface area contributed by atoms with Gasteiger partial charge in [0.15, 0.2) is 0 Å². The van der Waals surface area contributed by atoms with Crippen LogP contribution < -0.4 is 10.9 Å². The standard InChI is InChI=1S/C14H15N3O3S/c1-8-6-12(9(2)20-8)14(19)17-16-13(18)5-4-11-7-21-10(3)15-11/h4-7H,1-3H3,(H,16,18)(H,17,19)/b5-4+. The van der Waals surface area contributed by atoms with E-state index in [1.807, 2.05) is 12.3 Å². The number of aromatic nitrogens is 1. The number of thiazole rings is 1. The third-order valence-corrected chi connectivity index (χ3v) is 3.42. The van der Waals surface area contributed by atoms with Gasteiger partial charge in [-0.1, -0.05) is 0 Å². The maximum Gasteiger partial charge on any atom is 0.273 e. The molecule has 0 saturated heterocycles. The van der Waals surface area contributed by atoms with Gasteiger partial charge < -0.3 is 4.42 Å². The highest BCUT2D eigenvalue weighted by Gasteiger charge is 2.13. The highest BCUT2D eigenvalue weighted by atomic mass is 32.1. The molecule has 0 unspecified atom stereocenters. The van der Waals surface area contributed by atoms with Gasteiger partial charge in [0, 0.05) is 11.5 Å². The van der Waals surface area contributed by atoms with E-state index in [1.54, 1.807) is 26.0 Å². The molecule has 2 aromatic rings. The van der Waals surface area contributed by atoms with E-state index in [0.29, 0.717) is 22.8 Å². The SMILES string of the molecule is Cc1cc(C(=O)NNC(=O)/C=C/c2csc(C)n2)c(C)o1. The fourth-order valence-corrected chi connectivity index (χ4v) is 2.28. The number of hydrogen-bond acceptors (Lipinski definition) is 5. The molecule has 0 bridgehead atoms. The summed E-state index contributed by atoms with van der Waals surface area (Å²) in [5, 5.41) is 2.77. The maximum atomic E-state index is 11.8. The lowest BCUT2D eigenvalue weighted by Gasteiger charge is -2.03. The summed E-state index contributed by atoms with van der Waals surface area (Å²) in [5.74, 6) is 0.290. The zero-order chi connectivity index (χ0) is 15.4. The van der Waals surface area contributed by atoms with Crippen molar-refractivity contribution in [1.29, 1.82) is 0 Å². The molecule has 2 heterocycles. The molecule has 2 amide bonds. The van der Waals surface area contributed by atoms with Gasteiger partial charge in [0.05, 0.1) is 16.3 Å². The molecule has 0 saturated carbocycles.